The molecule has 0 aliphatic rings. The van der Waals surface area contributed by atoms with Crippen molar-refractivity contribution in [2.24, 2.45) is 5.41 Å². The van der Waals surface area contributed by atoms with Crippen LogP contribution in [0.3, 0.4) is 0 Å². The molecule has 0 atom stereocenters. The Hall–Kier alpha value is -0.0500. The first-order chi connectivity index (χ1) is 4.77. The van der Waals surface area contributed by atoms with E-state index in [1.165, 1.54) is 6.26 Å². The minimum atomic E-state index is -2.80. The normalized spacial score (nSPS) is 13.5. The number of hydrogen-bond acceptors (Lipinski definition) is 2. The van der Waals surface area contributed by atoms with Crippen molar-refractivity contribution >= 4 is 9.84 Å². The van der Waals surface area contributed by atoms with Crippen molar-refractivity contribution in [3.63, 3.8) is 0 Å². The quantitative estimate of drug-likeness (QED) is 0.658. The molecule has 0 amide bonds. The summed E-state index contributed by atoms with van der Waals surface area (Å²) in [6.07, 6.45) is 3.31. The highest BCUT2D eigenvalue weighted by Crippen LogP contribution is 2.23. The largest absolute Gasteiger partial charge is 0.229 e. The minimum Gasteiger partial charge on any atom is -0.229 e. The third kappa shape index (κ3) is 6.35. The third-order valence-corrected chi connectivity index (χ3v) is 2.89. The highest BCUT2D eigenvalue weighted by Gasteiger charge is 2.21. The maximum atomic E-state index is 10.9. The Balaban J connectivity index is 4.13. The fourth-order valence-electron chi connectivity index (χ4n) is 1.46. The molecule has 2 nitrogen and oxygen atoms in total. The molecule has 11 heavy (non-hydrogen) atoms. The van der Waals surface area contributed by atoms with Crippen LogP contribution in [0.1, 0.15) is 33.6 Å². The summed E-state index contributed by atoms with van der Waals surface area (Å²) in [6.45, 7) is 6.07. The van der Waals surface area contributed by atoms with Gasteiger partial charge in [0.2, 0.25) is 0 Å². The van der Waals surface area contributed by atoms with E-state index in [1.807, 2.05) is 13.8 Å². The Morgan fingerprint density at radius 3 is 2.00 bits per heavy atom. The summed E-state index contributed by atoms with van der Waals surface area (Å²) in [6, 6.07) is 0. The average molecular weight is 178 g/mol. The van der Waals surface area contributed by atoms with Gasteiger partial charge < -0.3 is 0 Å². The summed E-state index contributed by atoms with van der Waals surface area (Å²) < 4.78 is 21.8. The maximum Gasteiger partial charge on any atom is 0.147 e. The molecule has 0 rings (SSSR count). The molecular formula is C8H18O2S. The van der Waals surface area contributed by atoms with Gasteiger partial charge in [0.25, 0.3) is 0 Å². The van der Waals surface area contributed by atoms with Crippen LogP contribution in [0.15, 0.2) is 0 Å². The van der Waals surface area contributed by atoms with Crippen molar-refractivity contribution in [3.8, 4) is 0 Å². The second-order valence-corrected chi connectivity index (χ2v) is 6.12. The van der Waals surface area contributed by atoms with Crippen LogP contribution in [0.25, 0.3) is 0 Å². The fourth-order valence-corrected chi connectivity index (χ4v) is 3.02. The van der Waals surface area contributed by atoms with E-state index >= 15 is 0 Å². The summed E-state index contributed by atoms with van der Waals surface area (Å²) >= 11 is 0. The van der Waals surface area contributed by atoms with E-state index in [4.69, 9.17) is 0 Å². The summed E-state index contributed by atoms with van der Waals surface area (Å²) in [5.74, 6) is 0.299. The zero-order valence-electron chi connectivity index (χ0n) is 7.85. The van der Waals surface area contributed by atoms with Gasteiger partial charge in [-0.25, -0.2) is 8.42 Å². The van der Waals surface area contributed by atoms with Crippen LogP contribution < -0.4 is 0 Å². The van der Waals surface area contributed by atoms with Crippen LogP contribution in [-0.2, 0) is 9.84 Å². The van der Waals surface area contributed by atoms with Gasteiger partial charge in [-0.1, -0.05) is 27.2 Å². The zero-order valence-corrected chi connectivity index (χ0v) is 8.66. The molecule has 0 spiro atoms. The molecule has 0 aromatic carbocycles. The standard InChI is InChI=1S/C8H18O2S/c1-5-6-8(2,3)7-11(4,9)10/h5-7H2,1-4H3. The van der Waals surface area contributed by atoms with E-state index in [-0.39, 0.29) is 5.41 Å². The summed E-state index contributed by atoms with van der Waals surface area (Å²) in [4.78, 5) is 0. The minimum absolute atomic E-state index is 0.0532. The van der Waals surface area contributed by atoms with Gasteiger partial charge >= 0.3 is 0 Å². The van der Waals surface area contributed by atoms with Crippen molar-refractivity contribution < 1.29 is 8.42 Å². The molecule has 0 unspecified atom stereocenters. The predicted molar refractivity (Wildman–Crippen MR) is 48.4 cm³/mol. The Kier molecular flexibility index (Phi) is 3.55. The Morgan fingerprint density at radius 1 is 1.27 bits per heavy atom. The predicted octanol–water partition coefficient (Wildman–Crippen LogP) is 1.86. The van der Waals surface area contributed by atoms with Crippen molar-refractivity contribution in [1.29, 1.82) is 0 Å². The molecule has 3 heteroatoms. The van der Waals surface area contributed by atoms with Crippen LogP contribution in [0.4, 0.5) is 0 Å². The zero-order chi connectivity index (χ0) is 9.12. The highest BCUT2D eigenvalue weighted by atomic mass is 32.2. The van der Waals surface area contributed by atoms with Crippen molar-refractivity contribution in [1.82, 2.24) is 0 Å². The SMILES string of the molecule is CCCC(C)(C)CS(C)(=O)=O. The van der Waals surface area contributed by atoms with E-state index < -0.39 is 9.84 Å². The average Bonchev–Trinajstić information content (AvgIpc) is 1.55. The summed E-state index contributed by atoms with van der Waals surface area (Å²) in [7, 11) is -2.80. The number of rotatable bonds is 4. The number of sulfone groups is 1. The van der Waals surface area contributed by atoms with E-state index in [2.05, 4.69) is 6.92 Å². The first kappa shape index (κ1) is 11.0. The lowest BCUT2D eigenvalue weighted by molar-refractivity contribution is 0.374. The van der Waals surface area contributed by atoms with Crippen LogP contribution in [0.2, 0.25) is 0 Å². The molecule has 0 heterocycles. The molecular weight excluding hydrogens is 160 g/mol. The van der Waals surface area contributed by atoms with Gasteiger partial charge in [0.1, 0.15) is 9.84 Å². The second-order valence-electron chi connectivity index (χ2n) is 3.98. The van der Waals surface area contributed by atoms with E-state index in [9.17, 15) is 8.42 Å². The molecule has 0 saturated heterocycles. The molecule has 0 aliphatic heterocycles. The Morgan fingerprint density at radius 2 is 1.73 bits per heavy atom. The second kappa shape index (κ2) is 3.57. The van der Waals surface area contributed by atoms with Crippen molar-refractivity contribution in [2.75, 3.05) is 12.0 Å². The smallest absolute Gasteiger partial charge is 0.147 e. The van der Waals surface area contributed by atoms with Gasteiger partial charge in [0.05, 0.1) is 5.75 Å². The fraction of sp³-hybridized carbons (Fsp3) is 1.00. The molecule has 0 aromatic heterocycles. The van der Waals surface area contributed by atoms with E-state index in [0.29, 0.717) is 5.75 Å². The van der Waals surface area contributed by atoms with Crippen LogP contribution in [0, 0.1) is 5.41 Å². The molecule has 0 N–H and O–H groups in total. The van der Waals surface area contributed by atoms with Gasteiger partial charge in [0, 0.05) is 6.26 Å². The molecule has 68 valence electrons. The molecule has 0 fully saturated rings. The van der Waals surface area contributed by atoms with Crippen LogP contribution in [0.5, 0.6) is 0 Å². The van der Waals surface area contributed by atoms with E-state index in [1.54, 1.807) is 0 Å². The first-order valence-electron chi connectivity index (χ1n) is 3.94. The maximum absolute atomic E-state index is 10.9. The Labute approximate surface area is 69.9 Å². The lowest BCUT2D eigenvalue weighted by Crippen LogP contribution is -2.22. The topological polar surface area (TPSA) is 34.1 Å². The van der Waals surface area contributed by atoms with Gasteiger partial charge in [-0.2, -0.15) is 0 Å². The third-order valence-electron chi connectivity index (χ3n) is 1.58. The molecule has 0 bridgehead atoms. The molecule has 0 aliphatic carbocycles. The lowest BCUT2D eigenvalue weighted by atomic mass is 9.91. The first-order valence-corrected chi connectivity index (χ1v) is 6.00. The summed E-state index contributed by atoms with van der Waals surface area (Å²) in [5, 5.41) is 0. The van der Waals surface area contributed by atoms with Crippen LogP contribution >= 0.6 is 0 Å². The van der Waals surface area contributed by atoms with Crippen molar-refractivity contribution in [3.05, 3.63) is 0 Å². The van der Waals surface area contributed by atoms with Gasteiger partial charge in [-0.05, 0) is 11.8 Å². The van der Waals surface area contributed by atoms with Gasteiger partial charge in [-0.3, -0.25) is 0 Å². The highest BCUT2D eigenvalue weighted by molar-refractivity contribution is 7.90. The molecule has 0 aromatic rings. The lowest BCUT2D eigenvalue weighted by Gasteiger charge is -2.22. The monoisotopic (exact) mass is 178 g/mol. The van der Waals surface area contributed by atoms with Gasteiger partial charge in [0.15, 0.2) is 0 Å². The summed E-state index contributed by atoms with van der Waals surface area (Å²) in [5.41, 5.74) is -0.0532. The Bertz CT molecular complexity index is 202. The molecule has 0 saturated carbocycles. The molecule has 0 radical (unpaired) electrons. The van der Waals surface area contributed by atoms with E-state index in [0.717, 1.165) is 12.8 Å². The number of hydrogen-bond donors (Lipinski definition) is 0. The van der Waals surface area contributed by atoms with Gasteiger partial charge in [-0.15, -0.1) is 0 Å². The van der Waals surface area contributed by atoms with Crippen LogP contribution in [-0.4, -0.2) is 20.4 Å². The van der Waals surface area contributed by atoms with Crippen molar-refractivity contribution in [2.45, 2.75) is 33.6 Å².